The lowest BCUT2D eigenvalue weighted by Crippen LogP contribution is -2.16. The Morgan fingerprint density at radius 1 is 1.59 bits per heavy atom. The van der Waals surface area contributed by atoms with Crippen molar-refractivity contribution in [2.45, 2.75) is 13.0 Å². The Labute approximate surface area is 98.9 Å². The van der Waals surface area contributed by atoms with E-state index in [0.717, 1.165) is 25.1 Å². The molecule has 0 saturated heterocycles. The average molecular weight is 231 g/mol. The summed E-state index contributed by atoms with van der Waals surface area (Å²) in [6.07, 6.45) is 4.00. The quantitative estimate of drug-likeness (QED) is 0.763. The Morgan fingerprint density at radius 3 is 3.12 bits per heavy atom. The van der Waals surface area contributed by atoms with Crippen molar-refractivity contribution in [2.75, 3.05) is 6.54 Å². The zero-order chi connectivity index (χ0) is 12.1. The minimum atomic E-state index is 0.667. The molecule has 0 fully saturated rings. The van der Waals surface area contributed by atoms with Crippen molar-refractivity contribution < 1.29 is 4.52 Å². The smallest absolute Gasteiger partial charge is 0.213 e. The van der Waals surface area contributed by atoms with E-state index in [-0.39, 0.29) is 0 Å². The van der Waals surface area contributed by atoms with Gasteiger partial charge in [-0.05, 0) is 11.6 Å². The molecule has 2 aromatic heterocycles. The van der Waals surface area contributed by atoms with Crippen LogP contribution in [-0.2, 0) is 20.0 Å². The summed E-state index contributed by atoms with van der Waals surface area (Å²) in [4.78, 5) is 3.93. The van der Waals surface area contributed by atoms with Gasteiger partial charge in [0.1, 0.15) is 11.8 Å². The second-order valence-electron chi connectivity index (χ2n) is 3.73. The largest absolute Gasteiger partial charge is 0.343 e. The first kappa shape index (κ1) is 11.4. The van der Waals surface area contributed by atoms with Crippen LogP contribution in [0.5, 0.6) is 0 Å². The van der Waals surface area contributed by atoms with Crippen LogP contribution < -0.4 is 5.32 Å². The molecule has 0 spiro atoms. The maximum Gasteiger partial charge on any atom is 0.213 e. The lowest BCUT2D eigenvalue weighted by molar-refractivity contribution is 0.409. The molecule has 0 aliphatic carbocycles. The zero-order valence-electron chi connectivity index (χ0n) is 9.55. The van der Waals surface area contributed by atoms with E-state index in [1.165, 1.54) is 6.39 Å². The molecule has 1 N–H and O–H groups in total. The first-order valence-electron chi connectivity index (χ1n) is 5.31. The van der Waals surface area contributed by atoms with Gasteiger partial charge in [-0.3, -0.25) is 0 Å². The van der Waals surface area contributed by atoms with E-state index >= 15 is 0 Å². The van der Waals surface area contributed by atoms with Gasteiger partial charge in [0.05, 0.1) is 0 Å². The molecule has 2 rings (SSSR count). The molecule has 0 radical (unpaired) electrons. The van der Waals surface area contributed by atoms with Crippen molar-refractivity contribution in [1.82, 2.24) is 20.0 Å². The van der Waals surface area contributed by atoms with Crippen LogP contribution in [0.4, 0.5) is 0 Å². The molecule has 2 heterocycles. The molecular formula is C11H13N5O. The van der Waals surface area contributed by atoms with E-state index in [1.54, 1.807) is 0 Å². The molecule has 0 bridgehead atoms. The number of rotatable bonds is 5. The molecule has 6 heteroatoms. The summed E-state index contributed by atoms with van der Waals surface area (Å²) in [7, 11) is 1.86. The predicted molar refractivity (Wildman–Crippen MR) is 59.8 cm³/mol. The van der Waals surface area contributed by atoms with Crippen molar-refractivity contribution in [1.29, 1.82) is 5.26 Å². The predicted octanol–water partition coefficient (Wildman–Crippen LogP) is 0.612. The fourth-order valence-corrected chi connectivity index (χ4v) is 1.58. The molecule has 0 amide bonds. The summed E-state index contributed by atoms with van der Waals surface area (Å²) in [5.41, 5.74) is 1.76. The highest BCUT2D eigenvalue weighted by Gasteiger charge is 2.02. The number of nitrogens with one attached hydrogen (secondary N) is 1. The van der Waals surface area contributed by atoms with Gasteiger partial charge in [0.15, 0.2) is 5.82 Å². The number of nitrogens with zero attached hydrogens (tertiary/aromatic N) is 4. The minimum absolute atomic E-state index is 0.667. The Kier molecular flexibility index (Phi) is 3.52. The maximum atomic E-state index is 8.81. The molecule has 6 nitrogen and oxygen atoms in total. The van der Waals surface area contributed by atoms with Crippen molar-refractivity contribution >= 4 is 0 Å². The summed E-state index contributed by atoms with van der Waals surface area (Å²) in [5, 5.41) is 15.8. The highest BCUT2D eigenvalue weighted by Crippen LogP contribution is 2.05. The summed E-state index contributed by atoms with van der Waals surface area (Å²) < 4.78 is 6.45. The Hall–Kier alpha value is -2.13. The Balaban J connectivity index is 1.76. The number of hydrogen-bond donors (Lipinski definition) is 1. The first-order chi connectivity index (χ1) is 8.29. The molecule has 17 heavy (non-hydrogen) atoms. The third-order valence-corrected chi connectivity index (χ3v) is 2.44. The molecule has 0 aliphatic rings. The van der Waals surface area contributed by atoms with Gasteiger partial charge in [-0.1, -0.05) is 5.16 Å². The SMILES string of the molecule is Cn1cc(CNCCc2ncon2)cc1C#N. The van der Waals surface area contributed by atoms with Crippen LogP contribution in [0.15, 0.2) is 23.2 Å². The zero-order valence-corrected chi connectivity index (χ0v) is 9.55. The molecule has 0 aliphatic heterocycles. The van der Waals surface area contributed by atoms with E-state index in [2.05, 4.69) is 26.0 Å². The molecular weight excluding hydrogens is 218 g/mol. The molecule has 2 aromatic rings. The summed E-state index contributed by atoms with van der Waals surface area (Å²) >= 11 is 0. The van der Waals surface area contributed by atoms with E-state index in [1.807, 2.05) is 23.9 Å². The van der Waals surface area contributed by atoms with Crippen LogP contribution in [0.2, 0.25) is 0 Å². The van der Waals surface area contributed by atoms with E-state index < -0.39 is 0 Å². The third kappa shape index (κ3) is 2.92. The van der Waals surface area contributed by atoms with Gasteiger partial charge in [-0.15, -0.1) is 0 Å². The van der Waals surface area contributed by atoms with Crippen molar-refractivity contribution in [3.63, 3.8) is 0 Å². The monoisotopic (exact) mass is 231 g/mol. The van der Waals surface area contributed by atoms with Crippen molar-refractivity contribution in [3.8, 4) is 6.07 Å². The lowest BCUT2D eigenvalue weighted by atomic mass is 10.3. The number of aromatic nitrogens is 3. The lowest BCUT2D eigenvalue weighted by Gasteiger charge is -1.99. The minimum Gasteiger partial charge on any atom is -0.343 e. The van der Waals surface area contributed by atoms with Gasteiger partial charge in [-0.2, -0.15) is 10.2 Å². The van der Waals surface area contributed by atoms with E-state index in [9.17, 15) is 0 Å². The topological polar surface area (TPSA) is 79.7 Å². The fourth-order valence-electron chi connectivity index (χ4n) is 1.58. The van der Waals surface area contributed by atoms with Crippen LogP contribution in [0.1, 0.15) is 17.1 Å². The van der Waals surface area contributed by atoms with Gasteiger partial charge in [0, 0.05) is 32.8 Å². The fraction of sp³-hybridized carbons (Fsp3) is 0.364. The third-order valence-electron chi connectivity index (χ3n) is 2.44. The average Bonchev–Trinajstić information content (AvgIpc) is 2.94. The molecule has 0 atom stereocenters. The molecule has 0 unspecified atom stereocenters. The highest BCUT2D eigenvalue weighted by atomic mass is 16.5. The second kappa shape index (κ2) is 5.27. The maximum absolute atomic E-state index is 8.81. The van der Waals surface area contributed by atoms with Crippen LogP contribution >= 0.6 is 0 Å². The van der Waals surface area contributed by atoms with Crippen LogP contribution in [0.3, 0.4) is 0 Å². The number of nitriles is 1. The van der Waals surface area contributed by atoms with Gasteiger partial charge in [0.2, 0.25) is 6.39 Å². The second-order valence-corrected chi connectivity index (χ2v) is 3.73. The highest BCUT2D eigenvalue weighted by molar-refractivity contribution is 5.28. The number of aryl methyl sites for hydroxylation is 1. The molecule has 0 aromatic carbocycles. The van der Waals surface area contributed by atoms with Gasteiger partial charge in [0.25, 0.3) is 0 Å². The van der Waals surface area contributed by atoms with Crippen LogP contribution in [-0.4, -0.2) is 21.3 Å². The summed E-state index contributed by atoms with van der Waals surface area (Å²) in [6.45, 7) is 1.50. The van der Waals surface area contributed by atoms with Crippen LogP contribution in [0.25, 0.3) is 0 Å². The summed E-state index contributed by atoms with van der Waals surface area (Å²) in [6, 6.07) is 4.01. The summed E-state index contributed by atoms with van der Waals surface area (Å²) in [5.74, 6) is 0.697. The Bertz CT molecular complexity index is 508. The first-order valence-corrected chi connectivity index (χ1v) is 5.31. The van der Waals surface area contributed by atoms with E-state index in [4.69, 9.17) is 5.26 Å². The van der Waals surface area contributed by atoms with Crippen molar-refractivity contribution in [2.24, 2.45) is 7.05 Å². The van der Waals surface area contributed by atoms with Crippen molar-refractivity contribution in [3.05, 3.63) is 35.7 Å². The molecule has 0 saturated carbocycles. The van der Waals surface area contributed by atoms with Crippen LogP contribution in [0, 0.1) is 11.3 Å². The van der Waals surface area contributed by atoms with Gasteiger partial charge in [-0.25, -0.2) is 0 Å². The number of hydrogen-bond acceptors (Lipinski definition) is 5. The standard InChI is InChI=1S/C11H13N5O/c1-16-7-9(4-10(16)5-12)6-13-3-2-11-14-8-17-15-11/h4,7-8,13H,2-3,6H2,1H3. The molecule has 88 valence electrons. The van der Waals surface area contributed by atoms with Gasteiger partial charge >= 0.3 is 0 Å². The Morgan fingerprint density at radius 2 is 2.47 bits per heavy atom. The van der Waals surface area contributed by atoms with E-state index in [0.29, 0.717) is 11.5 Å². The van der Waals surface area contributed by atoms with Gasteiger partial charge < -0.3 is 14.4 Å². The normalized spacial score (nSPS) is 10.4.